The number of imidazole rings is 1. The Morgan fingerprint density at radius 2 is 2.21 bits per heavy atom. The van der Waals surface area contributed by atoms with Crippen molar-refractivity contribution < 1.29 is 13.6 Å². The Kier molecular flexibility index (Phi) is 4.84. The highest BCUT2D eigenvalue weighted by molar-refractivity contribution is 7.14. The van der Waals surface area contributed by atoms with E-state index < -0.39 is 23.9 Å². The zero-order chi connectivity index (χ0) is 20.1. The molecule has 28 heavy (non-hydrogen) atoms. The lowest BCUT2D eigenvalue weighted by molar-refractivity contribution is -0.0674. The number of thiophene rings is 1. The van der Waals surface area contributed by atoms with E-state index in [0.717, 1.165) is 10.4 Å². The van der Waals surface area contributed by atoms with E-state index in [1.165, 1.54) is 17.5 Å². The number of alkyl halides is 2. The fourth-order valence-corrected chi connectivity index (χ4v) is 4.59. The summed E-state index contributed by atoms with van der Waals surface area (Å²) in [6, 6.07) is 1.22. The first-order chi connectivity index (χ1) is 13.3. The van der Waals surface area contributed by atoms with Crippen LogP contribution >= 0.6 is 22.9 Å². The maximum absolute atomic E-state index is 14.2. The average molecular weight is 426 g/mol. The minimum Gasteiger partial charge on any atom is -0.341 e. The van der Waals surface area contributed by atoms with Gasteiger partial charge in [0, 0.05) is 29.0 Å². The van der Waals surface area contributed by atoms with Crippen LogP contribution in [-0.2, 0) is 0 Å². The number of rotatable bonds is 3. The zero-order valence-electron chi connectivity index (χ0n) is 15.0. The Hall–Kier alpha value is -2.10. The maximum atomic E-state index is 14.2. The SMILES string of the molecule is Cc1sc(C(=O)NC2[C@@H](N)CCCC2(F)F)cc1-c1cnc2cc(Cl)cnn12. The third kappa shape index (κ3) is 3.38. The van der Waals surface area contributed by atoms with E-state index in [-0.39, 0.29) is 6.42 Å². The lowest BCUT2D eigenvalue weighted by atomic mass is 9.87. The van der Waals surface area contributed by atoms with Crippen molar-refractivity contribution >= 4 is 34.5 Å². The van der Waals surface area contributed by atoms with Crippen molar-refractivity contribution in [1.82, 2.24) is 19.9 Å². The van der Waals surface area contributed by atoms with Crippen LogP contribution in [0.15, 0.2) is 24.5 Å². The molecule has 0 saturated heterocycles. The number of nitrogens with one attached hydrogen (secondary N) is 1. The molecule has 3 aromatic heterocycles. The van der Waals surface area contributed by atoms with E-state index in [9.17, 15) is 13.6 Å². The molecule has 2 atom stereocenters. The molecule has 1 fully saturated rings. The van der Waals surface area contributed by atoms with Gasteiger partial charge in [0.05, 0.1) is 28.0 Å². The van der Waals surface area contributed by atoms with E-state index >= 15 is 0 Å². The normalized spacial score (nSPS) is 21.8. The summed E-state index contributed by atoms with van der Waals surface area (Å²) in [5, 5.41) is 7.16. The van der Waals surface area contributed by atoms with Crippen LogP contribution in [0.5, 0.6) is 0 Å². The molecule has 1 amide bonds. The van der Waals surface area contributed by atoms with E-state index in [4.69, 9.17) is 17.3 Å². The Labute approximate surface area is 168 Å². The molecule has 0 spiro atoms. The van der Waals surface area contributed by atoms with Crippen LogP contribution in [0.4, 0.5) is 8.78 Å². The summed E-state index contributed by atoms with van der Waals surface area (Å²) in [4.78, 5) is 18.1. The fraction of sp³-hybridized carbons (Fsp3) is 0.389. The Bertz CT molecular complexity index is 1050. The minimum absolute atomic E-state index is 0.267. The van der Waals surface area contributed by atoms with Gasteiger partial charge in [0.1, 0.15) is 6.04 Å². The van der Waals surface area contributed by atoms with E-state index in [2.05, 4.69) is 15.4 Å². The summed E-state index contributed by atoms with van der Waals surface area (Å²) < 4.78 is 30.0. The van der Waals surface area contributed by atoms with Crippen molar-refractivity contribution in [3.8, 4) is 11.3 Å². The Morgan fingerprint density at radius 3 is 2.96 bits per heavy atom. The highest BCUT2D eigenvalue weighted by atomic mass is 35.5. The number of aryl methyl sites for hydroxylation is 1. The molecule has 1 aliphatic rings. The Balaban J connectivity index is 1.63. The monoisotopic (exact) mass is 425 g/mol. The Morgan fingerprint density at radius 1 is 1.43 bits per heavy atom. The standard InChI is InChI=1S/C18H18ClF2N5OS/c1-9-11(13-8-23-15-5-10(19)7-24-26(13)15)6-14(28-9)17(27)25-16-12(22)3-2-4-18(16,20)21/h5-8,12,16H,2-4,22H2,1H3,(H,25,27)/t12-,16?/m0/s1. The van der Waals surface area contributed by atoms with Gasteiger partial charge in [-0.2, -0.15) is 5.10 Å². The second-order valence-corrected chi connectivity index (χ2v) is 8.63. The van der Waals surface area contributed by atoms with Crippen molar-refractivity contribution in [2.24, 2.45) is 5.73 Å². The van der Waals surface area contributed by atoms with Gasteiger partial charge < -0.3 is 11.1 Å². The lowest BCUT2D eigenvalue weighted by Gasteiger charge is -2.36. The van der Waals surface area contributed by atoms with E-state index in [0.29, 0.717) is 34.1 Å². The summed E-state index contributed by atoms with van der Waals surface area (Å²) in [7, 11) is 0. The average Bonchev–Trinajstić information content (AvgIpc) is 3.20. The maximum Gasteiger partial charge on any atom is 0.269 e. The molecule has 6 nitrogen and oxygen atoms in total. The van der Waals surface area contributed by atoms with Crippen LogP contribution in [0.25, 0.3) is 16.9 Å². The smallest absolute Gasteiger partial charge is 0.269 e. The number of nitrogens with two attached hydrogens (primary N) is 1. The lowest BCUT2D eigenvalue weighted by Crippen LogP contribution is -2.59. The fourth-order valence-electron chi connectivity index (χ4n) is 3.52. The van der Waals surface area contributed by atoms with Crippen LogP contribution in [-0.4, -0.2) is 38.5 Å². The van der Waals surface area contributed by atoms with Gasteiger partial charge in [-0.25, -0.2) is 18.3 Å². The molecule has 1 saturated carbocycles. The molecule has 0 radical (unpaired) electrons. The summed E-state index contributed by atoms with van der Waals surface area (Å²) in [5.41, 5.74) is 7.88. The molecule has 148 valence electrons. The molecule has 1 unspecified atom stereocenters. The van der Waals surface area contributed by atoms with Gasteiger partial charge in [-0.3, -0.25) is 4.79 Å². The molecule has 0 aromatic carbocycles. The van der Waals surface area contributed by atoms with Crippen LogP contribution in [0, 0.1) is 6.92 Å². The molecule has 10 heteroatoms. The first-order valence-electron chi connectivity index (χ1n) is 8.80. The van der Waals surface area contributed by atoms with Gasteiger partial charge in [0.15, 0.2) is 5.65 Å². The molecule has 1 aliphatic carbocycles. The molecule has 4 rings (SSSR count). The first-order valence-corrected chi connectivity index (χ1v) is 10.00. The number of carbonyl (C=O) groups excluding carboxylic acids is 1. The second-order valence-electron chi connectivity index (χ2n) is 6.94. The van der Waals surface area contributed by atoms with Crippen molar-refractivity contribution in [2.45, 2.75) is 44.2 Å². The van der Waals surface area contributed by atoms with Crippen molar-refractivity contribution in [2.75, 3.05) is 0 Å². The van der Waals surface area contributed by atoms with Gasteiger partial charge >= 0.3 is 0 Å². The number of aromatic nitrogens is 3. The molecule has 0 aliphatic heterocycles. The van der Waals surface area contributed by atoms with Crippen molar-refractivity contribution in [3.63, 3.8) is 0 Å². The van der Waals surface area contributed by atoms with Gasteiger partial charge in [-0.05, 0) is 25.8 Å². The highest BCUT2D eigenvalue weighted by Gasteiger charge is 2.46. The predicted octanol–water partition coefficient (Wildman–Crippen LogP) is 3.66. The number of fused-ring (bicyclic) bond motifs is 1. The minimum atomic E-state index is -3.01. The summed E-state index contributed by atoms with van der Waals surface area (Å²) >= 11 is 7.17. The number of nitrogens with zero attached hydrogens (tertiary/aromatic N) is 3. The largest absolute Gasteiger partial charge is 0.341 e. The van der Waals surface area contributed by atoms with Gasteiger partial charge in [-0.15, -0.1) is 11.3 Å². The number of amides is 1. The van der Waals surface area contributed by atoms with Crippen LogP contribution in [0.1, 0.15) is 33.8 Å². The predicted molar refractivity (Wildman–Crippen MR) is 104 cm³/mol. The molecule has 3 N–H and O–H groups in total. The van der Waals surface area contributed by atoms with Gasteiger partial charge in [0.2, 0.25) is 0 Å². The van der Waals surface area contributed by atoms with Gasteiger partial charge in [0.25, 0.3) is 11.8 Å². The van der Waals surface area contributed by atoms with Crippen LogP contribution < -0.4 is 11.1 Å². The number of carbonyl (C=O) groups is 1. The number of hydrogen-bond acceptors (Lipinski definition) is 5. The molecule has 3 heterocycles. The molecule has 0 bridgehead atoms. The van der Waals surface area contributed by atoms with Crippen molar-refractivity contribution in [3.05, 3.63) is 39.3 Å². The third-order valence-corrected chi connectivity index (χ3v) is 6.22. The molecular weight excluding hydrogens is 408 g/mol. The van der Waals surface area contributed by atoms with Crippen LogP contribution in [0.3, 0.4) is 0 Å². The molecular formula is C18H18ClF2N5OS. The summed E-state index contributed by atoms with van der Waals surface area (Å²) in [5.74, 6) is -3.56. The quantitative estimate of drug-likeness (QED) is 0.670. The molecule has 3 aromatic rings. The third-order valence-electron chi connectivity index (χ3n) is 4.96. The summed E-state index contributed by atoms with van der Waals surface area (Å²) in [6.45, 7) is 1.85. The zero-order valence-corrected chi connectivity index (χ0v) is 16.5. The van der Waals surface area contributed by atoms with E-state index in [1.807, 2.05) is 6.92 Å². The number of hydrogen-bond donors (Lipinski definition) is 2. The topological polar surface area (TPSA) is 85.3 Å². The van der Waals surface area contributed by atoms with E-state index in [1.54, 1.807) is 22.8 Å². The van der Waals surface area contributed by atoms with Crippen molar-refractivity contribution in [1.29, 1.82) is 0 Å². The second kappa shape index (κ2) is 7.06. The number of halogens is 3. The first kappa shape index (κ1) is 19.2. The van der Waals surface area contributed by atoms with Gasteiger partial charge in [-0.1, -0.05) is 11.6 Å². The summed E-state index contributed by atoms with van der Waals surface area (Å²) in [6.07, 6.45) is 3.69. The highest BCUT2D eigenvalue weighted by Crippen LogP contribution is 2.35. The van der Waals surface area contributed by atoms with Crippen LogP contribution in [0.2, 0.25) is 5.02 Å².